The molecule has 0 aromatic carbocycles. The lowest BCUT2D eigenvalue weighted by molar-refractivity contribution is -0.138. The number of nitrogens with two attached hydrogens (primary N) is 1. The van der Waals surface area contributed by atoms with Gasteiger partial charge in [-0.25, -0.2) is 4.79 Å². The van der Waals surface area contributed by atoms with Crippen molar-refractivity contribution >= 4 is 17.9 Å². The van der Waals surface area contributed by atoms with E-state index in [1.165, 1.54) is 5.94 Å². The van der Waals surface area contributed by atoms with E-state index in [0.29, 0.717) is 0 Å². The van der Waals surface area contributed by atoms with Gasteiger partial charge in [0.1, 0.15) is 12.0 Å². The van der Waals surface area contributed by atoms with Gasteiger partial charge < -0.3 is 15.9 Å². The van der Waals surface area contributed by atoms with Gasteiger partial charge in [-0.1, -0.05) is 0 Å². The van der Waals surface area contributed by atoms with E-state index >= 15 is 0 Å². The van der Waals surface area contributed by atoms with Crippen LogP contribution in [0.5, 0.6) is 0 Å². The molecule has 0 radical (unpaired) electrons. The first-order valence-corrected chi connectivity index (χ1v) is 2.93. The molecule has 0 aliphatic heterocycles. The minimum Gasteiger partial charge on any atom is -0.481 e. The lowest BCUT2D eigenvalue weighted by Gasteiger charge is -2.04. The van der Waals surface area contributed by atoms with Crippen molar-refractivity contribution in [3.63, 3.8) is 0 Å². The summed E-state index contributed by atoms with van der Waals surface area (Å²) in [5.74, 6) is -1.57. The highest BCUT2D eigenvalue weighted by molar-refractivity contribution is 5.85. The summed E-state index contributed by atoms with van der Waals surface area (Å²) in [6.07, 6.45) is -0.697. The van der Waals surface area contributed by atoms with Crippen LogP contribution in [-0.4, -0.2) is 34.1 Å². The molecule has 66 valence electrons. The minimum absolute atomic E-state index is 0.477. The smallest absolute Gasteiger partial charge is 0.325 e. The third-order valence-corrected chi connectivity index (χ3v) is 1.11. The van der Waals surface area contributed by atoms with Crippen molar-refractivity contribution in [3.8, 4) is 0 Å². The number of hydrogen-bond acceptors (Lipinski definition) is 4. The summed E-state index contributed by atoms with van der Waals surface area (Å²) in [6.45, 7) is 0. The number of carbonyl (C=O) groups is 2. The van der Waals surface area contributed by atoms with E-state index in [0.717, 1.165) is 0 Å². The predicted molar refractivity (Wildman–Crippen MR) is 37.1 cm³/mol. The SMILES string of the molecule is NC(C(=O)O)C(=C=O)CC(=O)O. The van der Waals surface area contributed by atoms with Gasteiger partial charge in [-0.15, -0.1) is 0 Å². The van der Waals surface area contributed by atoms with Crippen molar-refractivity contribution in [2.45, 2.75) is 12.5 Å². The van der Waals surface area contributed by atoms with Crippen LogP contribution in [0, 0.1) is 0 Å². The molecule has 0 aromatic heterocycles. The highest BCUT2D eigenvalue weighted by Gasteiger charge is 2.20. The summed E-state index contributed by atoms with van der Waals surface area (Å²) < 4.78 is 0. The Morgan fingerprint density at radius 1 is 1.42 bits per heavy atom. The van der Waals surface area contributed by atoms with Gasteiger partial charge in [0.15, 0.2) is 0 Å². The molecular weight excluding hydrogens is 166 g/mol. The molecule has 12 heavy (non-hydrogen) atoms. The summed E-state index contributed by atoms with van der Waals surface area (Å²) in [6, 6.07) is -1.58. The molecule has 0 saturated heterocycles. The Hall–Kier alpha value is -1.65. The Bertz CT molecular complexity index is 253. The maximum atomic E-state index is 10.2. The van der Waals surface area contributed by atoms with Crippen LogP contribution in [0.4, 0.5) is 0 Å². The van der Waals surface area contributed by atoms with Crippen LogP contribution in [0.2, 0.25) is 0 Å². The molecule has 0 rings (SSSR count). The largest absolute Gasteiger partial charge is 0.481 e. The van der Waals surface area contributed by atoms with Crippen LogP contribution in [-0.2, 0) is 14.4 Å². The van der Waals surface area contributed by atoms with E-state index in [4.69, 9.17) is 15.9 Å². The second kappa shape index (κ2) is 4.27. The zero-order valence-electron chi connectivity index (χ0n) is 5.98. The molecule has 0 amide bonds. The second-order valence-electron chi connectivity index (χ2n) is 2.01. The molecule has 0 spiro atoms. The number of carboxylic acids is 2. The zero-order chi connectivity index (χ0) is 9.72. The van der Waals surface area contributed by atoms with Gasteiger partial charge in [0, 0.05) is 0 Å². The fourth-order valence-electron chi connectivity index (χ4n) is 0.521. The van der Waals surface area contributed by atoms with Gasteiger partial charge in [0.25, 0.3) is 0 Å². The number of carboxylic acid groups (broad SMARTS) is 2. The Labute approximate surface area is 67.3 Å². The first-order chi connectivity index (χ1) is 5.49. The van der Waals surface area contributed by atoms with E-state index in [-0.39, 0.29) is 0 Å². The third kappa shape index (κ3) is 2.96. The van der Waals surface area contributed by atoms with Gasteiger partial charge in [-0.2, -0.15) is 0 Å². The van der Waals surface area contributed by atoms with E-state index in [1.807, 2.05) is 0 Å². The van der Waals surface area contributed by atoms with Gasteiger partial charge in [-0.3, -0.25) is 9.59 Å². The van der Waals surface area contributed by atoms with Crippen molar-refractivity contribution in [3.05, 3.63) is 5.57 Å². The number of hydrogen-bond donors (Lipinski definition) is 3. The van der Waals surface area contributed by atoms with E-state index < -0.39 is 30.0 Å². The molecule has 0 saturated carbocycles. The molecule has 4 N–H and O–H groups in total. The van der Waals surface area contributed by atoms with Crippen LogP contribution >= 0.6 is 0 Å². The average Bonchev–Trinajstić information content (AvgIpc) is 1.98. The highest BCUT2D eigenvalue weighted by atomic mass is 16.4. The molecule has 6 heteroatoms. The Morgan fingerprint density at radius 2 is 1.92 bits per heavy atom. The molecule has 0 aliphatic rings. The maximum absolute atomic E-state index is 10.2. The fraction of sp³-hybridized carbons (Fsp3) is 0.333. The van der Waals surface area contributed by atoms with Crippen LogP contribution in [0.1, 0.15) is 6.42 Å². The van der Waals surface area contributed by atoms with Crippen molar-refractivity contribution in [1.29, 1.82) is 0 Å². The lowest BCUT2D eigenvalue weighted by Crippen LogP contribution is -2.33. The predicted octanol–water partition coefficient (Wildman–Crippen LogP) is -1.37. The highest BCUT2D eigenvalue weighted by Crippen LogP contribution is 2.01. The fourth-order valence-corrected chi connectivity index (χ4v) is 0.521. The van der Waals surface area contributed by atoms with Gasteiger partial charge in [0.05, 0.1) is 12.0 Å². The molecule has 0 fully saturated rings. The molecule has 0 aromatic rings. The van der Waals surface area contributed by atoms with Crippen LogP contribution in [0.15, 0.2) is 5.57 Å². The first-order valence-electron chi connectivity index (χ1n) is 2.93. The van der Waals surface area contributed by atoms with E-state index in [9.17, 15) is 14.4 Å². The topological polar surface area (TPSA) is 118 Å². The first kappa shape index (κ1) is 10.3. The number of carbonyl (C=O) groups excluding carboxylic acids is 1. The van der Waals surface area contributed by atoms with Gasteiger partial charge >= 0.3 is 11.9 Å². The van der Waals surface area contributed by atoms with E-state index in [1.54, 1.807) is 0 Å². The van der Waals surface area contributed by atoms with Crippen molar-refractivity contribution in [2.24, 2.45) is 5.73 Å². The van der Waals surface area contributed by atoms with Gasteiger partial charge in [0.2, 0.25) is 0 Å². The normalized spacial score (nSPS) is 11.4. The Balaban J connectivity index is 4.48. The summed E-state index contributed by atoms with van der Waals surface area (Å²) in [5, 5.41) is 16.5. The molecule has 0 bridgehead atoms. The molecule has 1 unspecified atom stereocenters. The number of rotatable bonds is 4. The third-order valence-electron chi connectivity index (χ3n) is 1.11. The quantitative estimate of drug-likeness (QED) is 0.451. The van der Waals surface area contributed by atoms with Crippen molar-refractivity contribution < 1.29 is 24.6 Å². The molecule has 1 atom stereocenters. The lowest BCUT2D eigenvalue weighted by atomic mass is 10.1. The van der Waals surface area contributed by atoms with Crippen molar-refractivity contribution in [2.75, 3.05) is 0 Å². The Kier molecular flexibility index (Phi) is 3.69. The summed E-state index contributed by atoms with van der Waals surface area (Å²) in [7, 11) is 0. The summed E-state index contributed by atoms with van der Waals surface area (Å²) >= 11 is 0. The minimum atomic E-state index is -1.58. The molecule has 6 nitrogen and oxygen atoms in total. The molecular formula is C6H7NO5. The van der Waals surface area contributed by atoms with Crippen LogP contribution in [0.3, 0.4) is 0 Å². The number of aliphatic carboxylic acids is 2. The second-order valence-corrected chi connectivity index (χ2v) is 2.01. The molecule has 0 aliphatic carbocycles. The van der Waals surface area contributed by atoms with Crippen LogP contribution in [0.25, 0.3) is 0 Å². The summed E-state index contributed by atoms with van der Waals surface area (Å²) in [5.41, 5.74) is 4.48. The molecule has 0 heterocycles. The Morgan fingerprint density at radius 3 is 2.17 bits per heavy atom. The maximum Gasteiger partial charge on any atom is 0.325 e. The monoisotopic (exact) mass is 173 g/mol. The van der Waals surface area contributed by atoms with E-state index in [2.05, 4.69) is 0 Å². The summed E-state index contributed by atoms with van der Waals surface area (Å²) in [4.78, 5) is 30.2. The zero-order valence-corrected chi connectivity index (χ0v) is 5.98. The van der Waals surface area contributed by atoms with Crippen LogP contribution < -0.4 is 5.73 Å². The van der Waals surface area contributed by atoms with Crippen molar-refractivity contribution in [1.82, 2.24) is 0 Å². The average molecular weight is 173 g/mol. The standard InChI is InChI=1S/C6H7NO5/c7-5(6(11)12)3(2-8)1-4(9)10/h5H,1,7H2,(H,9,10)(H,11,12). The van der Waals surface area contributed by atoms with Gasteiger partial charge in [-0.05, 0) is 0 Å².